The van der Waals surface area contributed by atoms with Gasteiger partial charge in [-0.25, -0.2) is 4.39 Å². The molecule has 20 heavy (non-hydrogen) atoms. The number of rotatable bonds is 4. The Morgan fingerprint density at radius 3 is 2.70 bits per heavy atom. The first-order valence-electron chi connectivity index (χ1n) is 6.81. The van der Waals surface area contributed by atoms with Crippen molar-refractivity contribution in [3.05, 3.63) is 65.5 Å². The van der Waals surface area contributed by atoms with Crippen molar-refractivity contribution in [1.82, 2.24) is 0 Å². The smallest absolute Gasteiger partial charge is 0.126 e. The molecule has 2 aromatic rings. The molecule has 1 aliphatic rings. The van der Waals surface area contributed by atoms with E-state index in [2.05, 4.69) is 6.07 Å². The molecule has 0 saturated carbocycles. The summed E-state index contributed by atoms with van der Waals surface area (Å²) in [6, 6.07) is 14.9. The quantitative estimate of drug-likeness (QED) is 0.741. The van der Waals surface area contributed by atoms with Crippen LogP contribution in [0.15, 0.2) is 48.5 Å². The number of halogens is 2. The first kappa shape index (κ1) is 13.4. The second-order valence-electron chi connectivity index (χ2n) is 5.15. The van der Waals surface area contributed by atoms with Crippen LogP contribution in [0.4, 0.5) is 4.39 Å². The fourth-order valence-electron chi connectivity index (χ4n) is 2.85. The molecular weight excluding hydrogens is 275 g/mol. The molecule has 0 aromatic heterocycles. The lowest BCUT2D eigenvalue weighted by Crippen LogP contribution is -2.10. The Bertz CT molecular complexity index is 599. The molecule has 0 saturated heterocycles. The molecule has 0 amide bonds. The molecule has 3 rings (SSSR count). The van der Waals surface area contributed by atoms with E-state index < -0.39 is 0 Å². The summed E-state index contributed by atoms with van der Waals surface area (Å²) in [5, 5.41) is 0. The van der Waals surface area contributed by atoms with Crippen molar-refractivity contribution in [3.8, 4) is 5.75 Å². The van der Waals surface area contributed by atoms with Crippen LogP contribution in [0.25, 0.3) is 0 Å². The number of para-hydroxylation sites is 1. The third kappa shape index (κ3) is 2.53. The summed E-state index contributed by atoms with van der Waals surface area (Å²) >= 11 is 6.07. The van der Waals surface area contributed by atoms with Gasteiger partial charge in [-0.2, -0.15) is 0 Å². The molecule has 2 aromatic carbocycles. The largest absolute Gasteiger partial charge is 0.493 e. The number of alkyl halides is 1. The summed E-state index contributed by atoms with van der Waals surface area (Å²) in [7, 11) is 0. The normalized spacial score (nSPS) is 18.4. The highest BCUT2D eigenvalue weighted by Gasteiger charge is 2.27. The lowest BCUT2D eigenvalue weighted by Gasteiger charge is -2.18. The molecule has 1 heterocycles. The van der Waals surface area contributed by atoms with Gasteiger partial charge in [0.25, 0.3) is 0 Å². The summed E-state index contributed by atoms with van der Waals surface area (Å²) in [6.45, 7) is 0.654. The van der Waals surface area contributed by atoms with E-state index in [1.807, 2.05) is 30.3 Å². The zero-order chi connectivity index (χ0) is 13.9. The number of benzene rings is 2. The van der Waals surface area contributed by atoms with Gasteiger partial charge in [0.15, 0.2) is 0 Å². The minimum Gasteiger partial charge on any atom is -0.493 e. The van der Waals surface area contributed by atoms with E-state index in [1.54, 1.807) is 6.07 Å². The first-order chi connectivity index (χ1) is 9.79. The van der Waals surface area contributed by atoms with Crippen LogP contribution in [0.5, 0.6) is 5.75 Å². The van der Waals surface area contributed by atoms with Crippen LogP contribution >= 0.6 is 11.6 Å². The Kier molecular flexibility index (Phi) is 3.93. The Hall–Kier alpha value is -1.54. The second kappa shape index (κ2) is 5.84. The number of fused-ring (bicyclic) bond motifs is 1. The lowest BCUT2D eigenvalue weighted by atomic mass is 9.87. The summed E-state index contributed by atoms with van der Waals surface area (Å²) in [5.41, 5.74) is 1.91. The minimum atomic E-state index is -0.176. The standard InChI is InChI=1S/C17H16ClFO/c18-10-12(14-5-1-3-7-16(14)19)9-13-11-20-17-8-4-2-6-15(13)17/h1-8,12-13H,9-11H2. The van der Waals surface area contributed by atoms with Gasteiger partial charge in [0.2, 0.25) is 0 Å². The van der Waals surface area contributed by atoms with Crippen LogP contribution in [0.1, 0.15) is 29.4 Å². The van der Waals surface area contributed by atoms with Gasteiger partial charge in [-0.15, -0.1) is 11.6 Å². The molecule has 0 aliphatic carbocycles. The molecule has 0 fully saturated rings. The van der Waals surface area contributed by atoms with Gasteiger partial charge < -0.3 is 4.74 Å². The van der Waals surface area contributed by atoms with Crippen molar-refractivity contribution in [2.45, 2.75) is 18.3 Å². The van der Waals surface area contributed by atoms with E-state index in [0.717, 1.165) is 12.2 Å². The van der Waals surface area contributed by atoms with Gasteiger partial charge in [0, 0.05) is 23.3 Å². The topological polar surface area (TPSA) is 9.23 Å². The van der Waals surface area contributed by atoms with E-state index in [4.69, 9.17) is 16.3 Å². The zero-order valence-corrected chi connectivity index (χ0v) is 11.8. The van der Waals surface area contributed by atoms with E-state index in [1.165, 1.54) is 11.6 Å². The first-order valence-corrected chi connectivity index (χ1v) is 7.35. The molecular formula is C17H16ClFO. The Morgan fingerprint density at radius 2 is 1.90 bits per heavy atom. The summed E-state index contributed by atoms with van der Waals surface area (Å²) in [5.74, 6) is 1.48. The monoisotopic (exact) mass is 290 g/mol. The van der Waals surface area contributed by atoms with Crippen molar-refractivity contribution < 1.29 is 9.13 Å². The SMILES string of the molecule is Fc1ccccc1C(CCl)CC1COc2ccccc21. The van der Waals surface area contributed by atoms with E-state index in [-0.39, 0.29) is 17.7 Å². The highest BCUT2D eigenvalue weighted by molar-refractivity contribution is 6.18. The Balaban J connectivity index is 1.82. The van der Waals surface area contributed by atoms with Crippen molar-refractivity contribution in [2.24, 2.45) is 0 Å². The Morgan fingerprint density at radius 1 is 1.15 bits per heavy atom. The lowest BCUT2D eigenvalue weighted by molar-refractivity contribution is 0.319. The van der Waals surface area contributed by atoms with Crippen LogP contribution in [-0.2, 0) is 0 Å². The van der Waals surface area contributed by atoms with Crippen LogP contribution in [-0.4, -0.2) is 12.5 Å². The minimum absolute atomic E-state index is 0.0117. The molecule has 0 spiro atoms. The molecule has 0 N–H and O–H groups in total. The Labute approximate surface area is 123 Å². The number of hydrogen-bond donors (Lipinski definition) is 0. The predicted molar refractivity (Wildman–Crippen MR) is 79.2 cm³/mol. The molecule has 0 bridgehead atoms. The van der Waals surface area contributed by atoms with Crippen molar-refractivity contribution in [3.63, 3.8) is 0 Å². The van der Waals surface area contributed by atoms with E-state index >= 15 is 0 Å². The molecule has 2 atom stereocenters. The van der Waals surface area contributed by atoms with Crippen molar-refractivity contribution in [1.29, 1.82) is 0 Å². The van der Waals surface area contributed by atoms with Crippen LogP contribution < -0.4 is 4.74 Å². The molecule has 104 valence electrons. The van der Waals surface area contributed by atoms with Crippen LogP contribution in [0.2, 0.25) is 0 Å². The molecule has 3 heteroatoms. The molecule has 1 nitrogen and oxygen atoms in total. The van der Waals surface area contributed by atoms with Gasteiger partial charge in [-0.1, -0.05) is 36.4 Å². The summed E-state index contributed by atoms with van der Waals surface area (Å²) < 4.78 is 19.6. The average molecular weight is 291 g/mol. The van der Waals surface area contributed by atoms with Gasteiger partial charge in [0.05, 0.1) is 6.61 Å². The molecule has 1 aliphatic heterocycles. The average Bonchev–Trinajstić information content (AvgIpc) is 2.89. The third-order valence-electron chi connectivity index (χ3n) is 3.90. The molecule has 2 unspecified atom stereocenters. The van der Waals surface area contributed by atoms with E-state index in [0.29, 0.717) is 18.1 Å². The van der Waals surface area contributed by atoms with Crippen molar-refractivity contribution >= 4 is 11.6 Å². The van der Waals surface area contributed by atoms with Crippen molar-refractivity contribution in [2.75, 3.05) is 12.5 Å². The third-order valence-corrected chi connectivity index (χ3v) is 4.27. The second-order valence-corrected chi connectivity index (χ2v) is 5.46. The number of ether oxygens (including phenoxy) is 1. The van der Waals surface area contributed by atoms with Gasteiger partial charge >= 0.3 is 0 Å². The summed E-state index contributed by atoms with van der Waals surface area (Å²) in [6.07, 6.45) is 0.807. The van der Waals surface area contributed by atoms with E-state index in [9.17, 15) is 4.39 Å². The van der Waals surface area contributed by atoms with Gasteiger partial charge in [-0.3, -0.25) is 0 Å². The highest BCUT2D eigenvalue weighted by atomic mass is 35.5. The number of hydrogen-bond acceptors (Lipinski definition) is 1. The highest BCUT2D eigenvalue weighted by Crippen LogP contribution is 2.40. The maximum atomic E-state index is 13.9. The maximum absolute atomic E-state index is 13.9. The predicted octanol–water partition coefficient (Wildman–Crippen LogP) is 4.71. The zero-order valence-electron chi connectivity index (χ0n) is 11.1. The van der Waals surface area contributed by atoms with Gasteiger partial charge in [-0.05, 0) is 24.1 Å². The van der Waals surface area contributed by atoms with Gasteiger partial charge in [0.1, 0.15) is 11.6 Å². The molecule has 0 radical (unpaired) electrons. The van der Waals surface area contributed by atoms with Crippen LogP contribution in [0.3, 0.4) is 0 Å². The summed E-state index contributed by atoms with van der Waals surface area (Å²) in [4.78, 5) is 0. The fraction of sp³-hybridized carbons (Fsp3) is 0.294. The fourth-order valence-corrected chi connectivity index (χ4v) is 3.14. The maximum Gasteiger partial charge on any atom is 0.126 e. The van der Waals surface area contributed by atoms with Crippen LogP contribution in [0, 0.1) is 5.82 Å².